The summed E-state index contributed by atoms with van der Waals surface area (Å²) in [5.74, 6) is 0.635. The fourth-order valence-electron chi connectivity index (χ4n) is 1.44. The summed E-state index contributed by atoms with van der Waals surface area (Å²) in [6.07, 6.45) is -4.34. The van der Waals surface area contributed by atoms with E-state index in [9.17, 15) is 13.2 Å². The Labute approximate surface area is 104 Å². The van der Waals surface area contributed by atoms with E-state index in [1.54, 1.807) is 31.2 Å². The van der Waals surface area contributed by atoms with Crippen LogP contribution in [0.1, 0.15) is 25.5 Å². The first-order chi connectivity index (χ1) is 8.44. The molecule has 0 saturated carbocycles. The van der Waals surface area contributed by atoms with E-state index in [2.05, 4.69) is 10.3 Å². The Hall–Kier alpha value is -1.27. The molecular weight excluding hydrogens is 247 g/mol. The first-order valence-corrected chi connectivity index (χ1v) is 5.60. The van der Waals surface area contributed by atoms with Crippen LogP contribution in [0.3, 0.4) is 0 Å². The summed E-state index contributed by atoms with van der Waals surface area (Å²) in [6.45, 7) is 2.71. The molecule has 0 aliphatic carbocycles. The van der Waals surface area contributed by atoms with Gasteiger partial charge in [-0.05, 0) is 19.9 Å². The van der Waals surface area contributed by atoms with Gasteiger partial charge in [-0.3, -0.25) is 4.84 Å². The first kappa shape index (κ1) is 14.8. The van der Waals surface area contributed by atoms with Crippen LogP contribution in [0.25, 0.3) is 0 Å². The molecule has 1 N–H and O–H groups in total. The minimum Gasteiger partial charge on any atom is -0.494 e. The van der Waals surface area contributed by atoms with Gasteiger partial charge in [-0.2, -0.15) is 18.7 Å². The Balaban J connectivity index is 2.58. The predicted molar refractivity (Wildman–Crippen MR) is 61.2 cm³/mol. The maximum absolute atomic E-state index is 11.9. The van der Waals surface area contributed by atoms with Gasteiger partial charge in [0.05, 0.1) is 12.6 Å². The molecule has 0 spiro atoms. The van der Waals surface area contributed by atoms with Crippen molar-refractivity contribution < 1.29 is 22.7 Å². The number of benzene rings is 1. The van der Waals surface area contributed by atoms with Crippen LogP contribution < -0.4 is 10.2 Å². The van der Waals surface area contributed by atoms with Crippen LogP contribution in [0.15, 0.2) is 24.3 Å². The Morgan fingerprint density at radius 3 is 2.56 bits per heavy atom. The first-order valence-electron chi connectivity index (χ1n) is 5.60. The number of para-hydroxylation sites is 1. The van der Waals surface area contributed by atoms with Crippen molar-refractivity contribution in [1.82, 2.24) is 5.48 Å². The highest BCUT2D eigenvalue weighted by Crippen LogP contribution is 2.25. The lowest BCUT2D eigenvalue weighted by atomic mass is 10.1. The topological polar surface area (TPSA) is 30.5 Å². The summed E-state index contributed by atoms with van der Waals surface area (Å²) < 4.78 is 41.1. The zero-order valence-corrected chi connectivity index (χ0v) is 10.3. The van der Waals surface area contributed by atoms with Crippen LogP contribution in [-0.4, -0.2) is 19.4 Å². The molecule has 0 aromatic heterocycles. The van der Waals surface area contributed by atoms with Crippen LogP contribution in [-0.2, 0) is 4.84 Å². The quantitative estimate of drug-likeness (QED) is 0.799. The van der Waals surface area contributed by atoms with Crippen LogP contribution in [0, 0.1) is 0 Å². The van der Waals surface area contributed by atoms with E-state index in [4.69, 9.17) is 4.74 Å². The number of halogens is 3. The third-order valence-corrected chi connectivity index (χ3v) is 2.18. The standard InChI is InChI=1S/C12H16F3NO2/c1-3-17-11-7-5-4-6-10(11)9(2)16-18-8-12(13,14)15/h4-7,9,16H,3,8H2,1-2H3. The van der Waals surface area contributed by atoms with E-state index >= 15 is 0 Å². The van der Waals surface area contributed by atoms with Crippen molar-refractivity contribution in [2.75, 3.05) is 13.2 Å². The maximum Gasteiger partial charge on any atom is 0.413 e. The molecule has 3 nitrogen and oxygen atoms in total. The van der Waals surface area contributed by atoms with Crippen molar-refractivity contribution >= 4 is 0 Å². The van der Waals surface area contributed by atoms with Gasteiger partial charge in [-0.1, -0.05) is 18.2 Å². The lowest BCUT2D eigenvalue weighted by molar-refractivity contribution is -0.192. The molecule has 0 saturated heterocycles. The highest BCUT2D eigenvalue weighted by Gasteiger charge is 2.28. The van der Waals surface area contributed by atoms with Crippen molar-refractivity contribution in [2.24, 2.45) is 0 Å². The second-order valence-corrected chi connectivity index (χ2v) is 3.71. The molecule has 1 atom stereocenters. The van der Waals surface area contributed by atoms with E-state index in [0.717, 1.165) is 5.56 Å². The lowest BCUT2D eigenvalue weighted by Gasteiger charge is -2.18. The van der Waals surface area contributed by atoms with Gasteiger partial charge in [0.2, 0.25) is 0 Å². The number of hydrogen-bond donors (Lipinski definition) is 1. The third kappa shape index (κ3) is 4.93. The van der Waals surface area contributed by atoms with Gasteiger partial charge in [0.1, 0.15) is 5.75 Å². The molecule has 0 bridgehead atoms. The fourth-order valence-corrected chi connectivity index (χ4v) is 1.44. The SMILES string of the molecule is CCOc1ccccc1C(C)NOCC(F)(F)F. The van der Waals surface area contributed by atoms with Crippen LogP contribution in [0.4, 0.5) is 13.2 Å². The summed E-state index contributed by atoms with van der Waals surface area (Å²) in [5, 5.41) is 0. The highest BCUT2D eigenvalue weighted by molar-refractivity contribution is 5.35. The summed E-state index contributed by atoms with van der Waals surface area (Å²) in [6, 6.07) is 6.74. The molecule has 18 heavy (non-hydrogen) atoms. The monoisotopic (exact) mass is 263 g/mol. The van der Waals surface area contributed by atoms with Crippen molar-refractivity contribution in [3.05, 3.63) is 29.8 Å². The Morgan fingerprint density at radius 2 is 1.94 bits per heavy atom. The largest absolute Gasteiger partial charge is 0.494 e. The summed E-state index contributed by atoms with van der Waals surface area (Å²) in [4.78, 5) is 4.42. The smallest absolute Gasteiger partial charge is 0.413 e. The zero-order valence-electron chi connectivity index (χ0n) is 10.3. The molecular formula is C12H16F3NO2. The number of ether oxygens (including phenoxy) is 1. The minimum absolute atomic E-state index is 0.393. The van der Waals surface area contributed by atoms with E-state index in [0.29, 0.717) is 12.4 Å². The molecule has 1 rings (SSSR count). The Kier molecular flexibility index (Phi) is 5.43. The second-order valence-electron chi connectivity index (χ2n) is 3.71. The molecule has 0 aliphatic rings. The van der Waals surface area contributed by atoms with E-state index in [1.165, 1.54) is 0 Å². The van der Waals surface area contributed by atoms with Crippen molar-refractivity contribution in [3.8, 4) is 5.75 Å². The Bertz CT molecular complexity index is 369. The molecule has 0 fully saturated rings. The number of hydroxylamine groups is 1. The lowest BCUT2D eigenvalue weighted by Crippen LogP contribution is -2.27. The Morgan fingerprint density at radius 1 is 1.28 bits per heavy atom. The van der Waals surface area contributed by atoms with Gasteiger partial charge in [0.15, 0.2) is 6.61 Å². The molecule has 0 heterocycles. The average Bonchev–Trinajstić information content (AvgIpc) is 2.28. The molecule has 6 heteroatoms. The molecule has 0 aliphatic heterocycles. The fraction of sp³-hybridized carbons (Fsp3) is 0.500. The molecule has 102 valence electrons. The van der Waals surface area contributed by atoms with Gasteiger partial charge >= 0.3 is 6.18 Å². The van der Waals surface area contributed by atoms with Gasteiger partial charge in [-0.15, -0.1) is 0 Å². The van der Waals surface area contributed by atoms with Crippen LogP contribution >= 0.6 is 0 Å². The third-order valence-electron chi connectivity index (χ3n) is 2.18. The van der Waals surface area contributed by atoms with Crippen LogP contribution in [0.5, 0.6) is 5.75 Å². The van der Waals surface area contributed by atoms with Gasteiger partial charge in [0, 0.05) is 5.56 Å². The maximum atomic E-state index is 11.9. The highest BCUT2D eigenvalue weighted by atomic mass is 19.4. The average molecular weight is 263 g/mol. The summed E-state index contributed by atoms with van der Waals surface area (Å²) in [5.41, 5.74) is 3.11. The molecule has 1 unspecified atom stereocenters. The molecule has 1 aromatic carbocycles. The number of rotatable bonds is 6. The van der Waals surface area contributed by atoms with Gasteiger partial charge in [-0.25, -0.2) is 0 Å². The molecule has 1 aromatic rings. The summed E-state index contributed by atoms with van der Waals surface area (Å²) in [7, 11) is 0. The summed E-state index contributed by atoms with van der Waals surface area (Å²) >= 11 is 0. The van der Waals surface area contributed by atoms with Gasteiger partial charge < -0.3 is 4.74 Å². The predicted octanol–water partition coefficient (Wildman–Crippen LogP) is 3.23. The molecule has 0 amide bonds. The number of alkyl halides is 3. The van der Waals surface area contributed by atoms with Gasteiger partial charge in [0.25, 0.3) is 0 Å². The van der Waals surface area contributed by atoms with Crippen molar-refractivity contribution in [3.63, 3.8) is 0 Å². The second kappa shape index (κ2) is 6.61. The van der Waals surface area contributed by atoms with Crippen molar-refractivity contribution in [2.45, 2.75) is 26.1 Å². The molecule has 0 radical (unpaired) electrons. The zero-order chi connectivity index (χ0) is 13.6. The normalized spacial score (nSPS) is 13.4. The number of nitrogens with one attached hydrogen (secondary N) is 1. The van der Waals surface area contributed by atoms with E-state index < -0.39 is 18.8 Å². The van der Waals surface area contributed by atoms with E-state index in [-0.39, 0.29) is 0 Å². The number of hydrogen-bond acceptors (Lipinski definition) is 3. The van der Waals surface area contributed by atoms with E-state index in [1.807, 2.05) is 6.92 Å². The van der Waals surface area contributed by atoms with Crippen molar-refractivity contribution in [1.29, 1.82) is 0 Å². The van der Waals surface area contributed by atoms with Crippen LogP contribution in [0.2, 0.25) is 0 Å². The minimum atomic E-state index is -4.34.